The third-order valence-electron chi connectivity index (χ3n) is 3.54. The number of aliphatic carboxylic acids is 2. The minimum Gasteiger partial charge on any atom is -0.481 e. The molecule has 1 aromatic carbocycles. The third kappa shape index (κ3) is 4.83. The van der Waals surface area contributed by atoms with Crippen LogP contribution >= 0.6 is 24.0 Å². The molecule has 1 fully saturated rings. The van der Waals surface area contributed by atoms with Crippen molar-refractivity contribution in [1.29, 1.82) is 0 Å². The van der Waals surface area contributed by atoms with Crippen molar-refractivity contribution in [2.45, 2.75) is 25.9 Å². The maximum Gasteiger partial charge on any atom is 0.344 e. The van der Waals surface area contributed by atoms with Gasteiger partial charge in [-0.15, -0.1) is 0 Å². The Bertz CT molecular complexity index is 776. The largest absolute Gasteiger partial charge is 0.481 e. The molecule has 1 atom stereocenters. The smallest absolute Gasteiger partial charge is 0.344 e. The summed E-state index contributed by atoms with van der Waals surface area (Å²) in [7, 11) is 0. The molecule has 0 saturated carbocycles. The van der Waals surface area contributed by atoms with Crippen molar-refractivity contribution in [2.75, 3.05) is 6.54 Å². The van der Waals surface area contributed by atoms with Gasteiger partial charge in [0.05, 0.1) is 11.3 Å². The zero-order chi connectivity index (χ0) is 19.3. The van der Waals surface area contributed by atoms with E-state index in [1.807, 2.05) is 0 Å². The molecule has 0 aliphatic carbocycles. The molecule has 1 aliphatic rings. The number of hydrogen-bond donors (Lipinski definition) is 2. The lowest BCUT2D eigenvalue weighted by atomic mass is 10.1. The lowest BCUT2D eigenvalue weighted by molar-refractivity contribution is -0.145. The summed E-state index contributed by atoms with van der Waals surface area (Å²) in [5.41, 5.74) is 0.547. The molecular formula is C17H17NO6S2. The van der Waals surface area contributed by atoms with E-state index in [0.29, 0.717) is 22.6 Å². The molecule has 1 amide bonds. The van der Waals surface area contributed by atoms with Crippen LogP contribution in [0.5, 0.6) is 5.75 Å². The zero-order valence-corrected chi connectivity index (χ0v) is 15.5. The van der Waals surface area contributed by atoms with Gasteiger partial charge in [0.25, 0.3) is 5.91 Å². The van der Waals surface area contributed by atoms with Gasteiger partial charge in [-0.3, -0.25) is 14.5 Å². The topological polar surface area (TPSA) is 104 Å². The lowest BCUT2D eigenvalue weighted by Crippen LogP contribution is -2.30. The number of para-hydroxylation sites is 1. The first-order valence-electron chi connectivity index (χ1n) is 7.79. The van der Waals surface area contributed by atoms with Crippen molar-refractivity contribution in [3.63, 3.8) is 0 Å². The molecule has 1 saturated heterocycles. The molecule has 0 bridgehead atoms. The van der Waals surface area contributed by atoms with Crippen LogP contribution in [-0.2, 0) is 14.4 Å². The molecule has 9 heteroatoms. The Morgan fingerprint density at radius 2 is 2.04 bits per heavy atom. The first kappa shape index (κ1) is 19.9. The van der Waals surface area contributed by atoms with E-state index < -0.39 is 18.0 Å². The van der Waals surface area contributed by atoms with Gasteiger partial charge in [0.2, 0.25) is 0 Å². The highest BCUT2D eigenvalue weighted by atomic mass is 32.2. The normalized spacial score (nSPS) is 16.8. The van der Waals surface area contributed by atoms with Gasteiger partial charge in [0, 0.05) is 12.1 Å². The summed E-state index contributed by atoms with van der Waals surface area (Å²) in [5.74, 6) is -2.11. The second-order valence-corrected chi connectivity index (χ2v) is 7.04. The van der Waals surface area contributed by atoms with Gasteiger partial charge in [0.1, 0.15) is 10.1 Å². The lowest BCUT2D eigenvalue weighted by Gasteiger charge is -2.15. The summed E-state index contributed by atoms with van der Waals surface area (Å²) >= 11 is 6.22. The van der Waals surface area contributed by atoms with Crippen LogP contribution in [0, 0.1) is 0 Å². The van der Waals surface area contributed by atoms with Gasteiger partial charge in [-0.2, -0.15) is 0 Å². The molecule has 1 unspecified atom stereocenters. The second-order valence-electron chi connectivity index (χ2n) is 5.37. The number of carboxylic acids is 2. The van der Waals surface area contributed by atoms with Gasteiger partial charge < -0.3 is 14.9 Å². The number of ether oxygens (including phenoxy) is 1. The highest BCUT2D eigenvalue weighted by Crippen LogP contribution is 2.34. The Labute approximate surface area is 159 Å². The average molecular weight is 395 g/mol. The number of carbonyl (C=O) groups is 3. The average Bonchev–Trinajstić information content (AvgIpc) is 2.85. The Balaban J connectivity index is 2.24. The van der Waals surface area contributed by atoms with E-state index in [-0.39, 0.29) is 23.2 Å². The molecule has 0 aromatic heterocycles. The summed E-state index contributed by atoms with van der Waals surface area (Å²) in [5, 5.41) is 17.9. The number of carbonyl (C=O) groups excluding carboxylic acids is 1. The van der Waals surface area contributed by atoms with Crippen molar-refractivity contribution >= 4 is 52.2 Å². The minimum atomic E-state index is -1.07. The number of hydrogen-bond acceptors (Lipinski definition) is 6. The van der Waals surface area contributed by atoms with E-state index in [4.69, 9.17) is 27.2 Å². The van der Waals surface area contributed by atoms with E-state index in [2.05, 4.69) is 0 Å². The first-order valence-corrected chi connectivity index (χ1v) is 9.01. The summed E-state index contributed by atoms with van der Waals surface area (Å²) in [4.78, 5) is 35.9. The maximum atomic E-state index is 12.5. The molecule has 26 heavy (non-hydrogen) atoms. The van der Waals surface area contributed by atoms with E-state index >= 15 is 0 Å². The van der Waals surface area contributed by atoms with E-state index in [0.717, 1.165) is 11.8 Å². The number of thioether (sulfide) groups is 1. The third-order valence-corrected chi connectivity index (χ3v) is 4.92. The molecule has 138 valence electrons. The molecule has 2 rings (SSSR count). The predicted octanol–water partition coefficient (Wildman–Crippen LogP) is 2.60. The van der Waals surface area contributed by atoms with Crippen molar-refractivity contribution in [1.82, 2.24) is 4.90 Å². The fourth-order valence-corrected chi connectivity index (χ4v) is 3.51. The van der Waals surface area contributed by atoms with Gasteiger partial charge in [-0.25, -0.2) is 4.79 Å². The summed E-state index contributed by atoms with van der Waals surface area (Å²) < 4.78 is 5.84. The molecule has 0 spiro atoms. The molecule has 1 heterocycles. The first-order chi connectivity index (χ1) is 12.3. The van der Waals surface area contributed by atoms with Gasteiger partial charge in [-0.05, 0) is 18.6 Å². The standard InChI is InChI=1S/C17H17NO6S2/c1-2-11(16(22)23)24-12-6-4-3-5-10(12)9-13-15(21)18(17(25)26-13)8-7-14(19)20/h3-6,9,11H,2,7-8H2,1H3,(H,19,20)(H,22,23)/b13-9-. The fraction of sp³-hybridized carbons (Fsp3) is 0.294. The van der Waals surface area contributed by atoms with E-state index in [1.54, 1.807) is 37.3 Å². The van der Waals surface area contributed by atoms with Crippen LogP contribution in [0.25, 0.3) is 6.08 Å². The van der Waals surface area contributed by atoms with Crippen LogP contribution in [-0.4, -0.2) is 49.9 Å². The Hall–Kier alpha value is -2.39. The number of nitrogens with zero attached hydrogens (tertiary/aromatic N) is 1. The highest BCUT2D eigenvalue weighted by Gasteiger charge is 2.32. The van der Waals surface area contributed by atoms with Gasteiger partial charge >= 0.3 is 11.9 Å². The van der Waals surface area contributed by atoms with Crippen molar-refractivity contribution < 1.29 is 29.3 Å². The Morgan fingerprint density at radius 1 is 1.35 bits per heavy atom. The number of carboxylic acid groups (broad SMARTS) is 2. The molecule has 1 aromatic rings. The monoisotopic (exact) mass is 395 g/mol. The molecule has 2 N–H and O–H groups in total. The summed E-state index contributed by atoms with van der Waals surface area (Å²) in [6.45, 7) is 1.71. The second kappa shape index (κ2) is 8.81. The number of rotatable bonds is 8. The Kier molecular flexibility index (Phi) is 6.76. The fourth-order valence-electron chi connectivity index (χ4n) is 2.21. The zero-order valence-electron chi connectivity index (χ0n) is 13.9. The summed E-state index contributed by atoms with van der Waals surface area (Å²) in [6.07, 6.45) is 0.677. The van der Waals surface area contributed by atoms with E-state index in [9.17, 15) is 14.4 Å². The Morgan fingerprint density at radius 3 is 2.65 bits per heavy atom. The van der Waals surface area contributed by atoms with Crippen LogP contribution in [0.15, 0.2) is 29.2 Å². The van der Waals surface area contributed by atoms with Crippen LogP contribution in [0.4, 0.5) is 0 Å². The molecule has 1 aliphatic heterocycles. The van der Waals surface area contributed by atoms with Crippen LogP contribution in [0.2, 0.25) is 0 Å². The minimum absolute atomic E-state index is 0.00636. The number of amides is 1. The quantitative estimate of drug-likeness (QED) is 0.511. The number of benzene rings is 1. The molecule has 0 radical (unpaired) electrons. The predicted molar refractivity (Wildman–Crippen MR) is 101 cm³/mol. The van der Waals surface area contributed by atoms with Crippen molar-refractivity contribution in [3.05, 3.63) is 34.7 Å². The van der Waals surface area contributed by atoms with Crippen molar-refractivity contribution in [3.8, 4) is 5.75 Å². The number of thiocarbonyl (C=S) groups is 1. The van der Waals surface area contributed by atoms with Gasteiger partial charge in [-0.1, -0.05) is 49.1 Å². The van der Waals surface area contributed by atoms with Crippen molar-refractivity contribution in [2.24, 2.45) is 0 Å². The summed E-state index contributed by atoms with van der Waals surface area (Å²) in [6, 6.07) is 6.78. The maximum absolute atomic E-state index is 12.5. The highest BCUT2D eigenvalue weighted by molar-refractivity contribution is 8.26. The molecular weight excluding hydrogens is 378 g/mol. The SMILES string of the molecule is CCC(Oc1ccccc1/C=C1\SC(=S)N(CCC(=O)O)C1=O)C(=O)O. The van der Waals surface area contributed by atoms with Crippen LogP contribution in [0.1, 0.15) is 25.3 Å². The molecule has 7 nitrogen and oxygen atoms in total. The van der Waals surface area contributed by atoms with Gasteiger partial charge in [0.15, 0.2) is 6.10 Å². The van der Waals surface area contributed by atoms with Crippen LogP contribution < -0.4 is 4.74 Å². The van der Waals surface area contributed by atoms with E-state index in [1.165, 1.54) is 4.90 Å². The van der Waals surface area contributed by atoms with Crippen LogP contribution in [0.3, 0.4) is 0 Å².